The monoisotopic (exact) mass is 544 g/mol. The first-order valence-electron chi connectivity index (χ1n) is 13.2. The summed E-state index contributed by atoms with van der Waals surface area (Å²) < 4.78 is 84.3. The van der Waals surface area contributed by atoms with Gasteiger partial charge in [0.05, 0.1) is 0 Å². The maximum atomic E-state index is 15.3. The lowest BCUT2D eigenvalue weighted by Gasteiger charge is -2.13. The Hall–Kier alpha value is -3.48. The Kier molecular flexibility index (Phi) is 9.20. The van der Waals surface area contributed by atoms with Crippen molar-refractivity contribution in [2.75, 3.05) is 0 Å². The van der Waals surface area contributed by atoms with Crippen LogP contribution in [0, 0.1) is 17.5 Å². The van der Waals surface area contributed by atoms with Crippen LogP contribution in [0.4, 0.5) is 26.3 Å². The Morgan fingerprint density at radius 2 is 1.23 bits per heavy atom. The number of rotatable bonds is 11. The molecule has 0 aromatic heterocycles. The number of fused-ring (bicyclic) bond motifs is 1. The van der Waals surface area contributed by atoms with Gasteiger partial charge in [-0.3, -0.25) is 0 Å². The molecule has 1 nitrogen and oxygen atoms in total. The normalized spacial score (nSPS) is 11.8. The van der Waals surface area contributed by atoms with E-state index in [1.165, 1.54) is 49.3 Å². The highest BCUT2D eigenvalue weighted by Gasteiger charge is 2.34. The van der Waals surface area contributed by atoms with Crippen molar-refractivity contribution in [1.82, 2.24) is 0 Å². The predicted octanol–water partition coefficient (Wildman–Crippen LogP) is 10.1. The van der Waals surface area contributed by atoms with E-state index < -0.39 is 29.6 Å². The van der Waals surface area contributed by atoms with Crippen LogP contribution in [0.1, 0.15) is 55.7 Å². The molecule has 0 aliphatic carbocycles. The van der Waals surface area contributed by atoms with Crippen molar-refractivity contribution in [1.29, 1.82) is 0 Å². The van der Waals surface area contributed by atoms with E-state index in [0.29, 0.717) is 17.5 Å². The van der Waals surface area contributed by atoms with Crippen molar-refractivity contribution in [3.8, 4) is 16.9 Å². The first-order valence-corrected chi connectivity index (χ1v) is 13.2. The molecular formula is C32H30F6O. The number of ether oxygens (including phenoxy) is 1. The van der Waals surface area contributed by atoms with Crippen LogP contribution >= 0.6 is 0 Å². The zero-order valence-corrected chi connectivity index (χ0v) is 21.7. The number of hydrogen-bond donors (Lipinski definition) is 0. The fraction of sp³-hybridized carbons (Fsp3) is 0.312. The molecule has 0 heterocycles. The molecule has 7 heteroatoms. The number of aryl methyl sites for hydroxylation is 3. The summed E-state index contributed by atoms with van der Waals surface area (Å²) in [4.78, 5) is 0. The van der Waals surface area contributed by atoms with Crippen molar-refractivity contribution in [2.24, 2.45) is 0 Å². The molecule has 0 atom stereocenters. The Bertz CT molecular complexity index is 1390. The van der Waals surface area contributed by atoms with Gasteiger partial charge in [-0.1, -0.05) is 87.2 Å². The van der Waals surface area contributed by atoms with Crippen molar-refractivity contribution in [2.45, 2.75) is 64.7 Å². The Morgan fingerprint density at radius 1 is 0.641 bits per heavy atom. The van der Waals surface area contributed by atoms with E-state index in [4.69, 9.17) is 0 Å². The summed E-state index contributed by atoms with van der Waals surface area (Å²) in [5, 5.41) is 0.862. The first kappa shape index (κ1) is 28.5. The molecule has 0 bridgehead atoms. The van der Waals surface area contributed by atoms with Gasteiger partial charge < -0.3 is 4.74 Å². The molecule has 39 heavy (non-hydrogen) atoms. The standard InChI is InChI=1S/C32H30F6O/c1-2-3-4-5-6-7-21-8-10-22(11-9-21)12-13-23-14-16-26-24(18-23)15-17-27(30(26)35)25-19-28(33)31(29(34)20-25)39-32(36,37)38/h8-11,14-20H,2-7,12-13H2,1H3. The quantitative estimate of drug-likeness (QED) is 0.135. The van der Waals surface area contributed by atoms with Gasteiger partial charge in [-0.15, -0.1) is 13.2 Å². The lowest BCUT2D eigenvalue weighted by atomic mass is 9.96. The summed E-state index contributed by atoms with van der Waals surface area (Å²) in [6.07, 6.45) is 3.70. The zero-order valence-electron chi connectivity index (χ0n) is 21.7. The molecule has 0 saturated carbocycles. The van der Waals surface area contributed by atoms with E-state index in [2.05, 4.69) is 35.9 Å². The van der Waals surface area contributed by atoms with Gasteiger partial charge in [-0.25, -0.2) is 13.2 Å². The summed E-state index contributed by atoms with van der Waals surface area (Å²) in [6, 6.07) is 18.2. The fourth-order valence-corrected chi connectivity index (χ4v) is 4.74. The van der Waals surface area contributed by atoms with Crippen LogP contribution in [0.2, 0.25) is 0 Å². The Labute approximate surface area is 224 Å². The SMILES string of the molecule is CCCCCCCc1ccc(CCc2ccc3c(F)c(-c4cc(F)c(OC(F)(F)F)c(F)c4)ccc3c2)cc1. The van der Waals surface area contributed by atoms with Crippen LogP contribution < -0.4 is 4.74 Å². The molecule has 0 unspecified atom stereocenters. The minimum absolute atomic E-state index is 0.128. The van der Waals surface area contributed by atoms with Crippen molar-refractivity contribution < 1.29 is 31.1 Å². The van der Waals surface area contributed by atoms with Gasteiger partial charge in [-0.05, 0) is 65.5 Å². The maximum absolute atomic E-state index is 15.3. The summed E-state index contributed by atoms with van der Waals surface area (Å²) in [7, 11) is 0. The smallest absolute Gasteiger partial charge is 0.399 e. The molecule has 0 N–H and O–H groups in total. The molecule has 0 aliphatic rings. The molecule has 0 amide bonds. The van der Waals surface area contributed by atoms with Crippen molar-refractivity contribution >= 4 is 10.8 Å². The minimum atomic E-state index is -5.26. The highest BCUT2D eigenvalue weighted by atomic mass is 19.4. The van der Waals surface area contributed by atoms with Crippen LogP contribution in [0.15, 0.2) is 66.7 Å². The first-order chi connectivity index (χ1) is 18.6. The second-order valence-electron chi connectivity index (χ2n) is 9.78. The van der Waals surface area contributed by atoms with Crippen LogP contribution in [-0.2, 0) is 19.3 Å². The fourth-order valence-electron chi connectivity index (χ4n) is 4.74. The summed E-state index contributed by atoms with van der Waals surface area (Å²) in [5.41, 5.74) is 3.22. The average molecular weight is 545 g/mol. The predicted molar refractivity (Wildman–Crippen MR) is 142 cm³/mol. The third-order valence-corrected chi connectivity index (χ3v) is 6.84. The second-order valence-corrected chi connectivity index (χ2v) is 9.78. The minimum Gasteiger partial charge on any atom is -0.399 e. The summed E-state index contributed by atoms with van der Waals surface area (Å²) in [6.45, 7) is 2.21. The third kappa shape index (κ3) is 7.55. The van der Waals surface area contributed by atoms with Crippen LogP contribution in [0.3, 0.4) is 0 Å². The molecule has 0 saturated heterocycles. The summed E-state index contributed by atoms with van der Waals surface area (Å²) >= 11 is 0. The van der Waals surface area contributed by atoms with E-state index in [9.17, 15) is 22.0 Å². The lowest BCUT2D eigenvalue weighted by molar-refractivity contribution is -0.276. The average Bonchev–Trinajstić information content (AvgIpc) is 2.89. The number of hydrogen-bond acceptors (Lipinski definition) is 1. The summed E-state index contributed by atoms with van der Waals surface area (Å²) in [5.74, 6) is -5.43. The molecule has 0 fully saturated rings. The van der Waals surface area contributed by atoms with Crippen LogP contribution in [0.25, 0.3) is 21.9 Å². The van der Waals surface area contributed by atoms with Gasteiger partial charge in [0.1, 0.15) is 5.82 Å². The number of halogens is 6. The van der Waals surface area contributed by atoms with Gasteiger partial charge in [-0.2, -0.15) is 0 Å². The zero-order chi connectivity index (χ0) is 28.0. The van der Waals surface area contributed by atoms with Gasteiger partial charge >= 0.3 is 6.36 Å². The van der Waals surface area contributed by atoms with Crippen LogP contribution in [-0.4, -0.2) is 6.36 Å². The number of benzene rings is 4. The highest BCUT2D eigenvalue weighted by molar-refractivity contribution is 5.89. The van der Waals surface area contributed by atoms with E-state index >= 15 is 4.39 Å². The molecule has 0 aliphatic heterocycles. The number of unbranched alkanes of at least 4 members (excludes halogenated alkanes) is 4. The molecule has 4 rings (SSSR count). The number of alkyl halides is 3. The molecule has 0 radical (unpaired) electrons. The van der Waals surface area contributed by atoms with E-state index in [1.54, 1.807) is 18.2 Å². The van der Waals surface area contributed by atoms with Gasteiger partial charge in [0.25, 0.3) is 0 Å². The van der Waals surface area contributed by atoms with E-state index in [1.807, 2.05) is 6.07 Å². The molecular weight excluding hydrogens is 514 g/mol. The Balaban J connectivity index is 1.44. The van der Waals surface area contributed by atoms with Gasteiger partial charge in [0.2, 0.25) is 5.75 Å². The molecule has 4 aromatic carbocycles. The lowest BCUT2D eigenvalue weighted by Crippen LogP contribution is -2.19. The molecule has 206 valence electrons. The van der Waals surface area contributed by atoms with E-state index in [-0.39, 0.29) is 16.5 Å². The van der Waals surface area contributed by atoms with Gasteiger partial charge in [0, 0.05) is 10.9 Å². The second kappa shape index (κ2) is 12.6. The topological polar surface area (TPSA) is 9.23 Å². The molecule has 4 aromatic rings. The van der Waals surface area contributed by atoms with Crippen molar-refractivity contribution in [3.05, 3.63) is 101 Å². The van der Waals surface area contributed by atoms with Crippen LogP contribution in [0.5, 0.6) is 5.75 Å². The Morgan fingerprint density at radius 3 is 1.87 bits per heavy atom. The largest absolute Gasteiger partial charge is 0.573 e. The van der Waals surface area contributed by atoms with Crippen molar-refractivity contribution in [3.63, 3.8) is 0 Å². The molecule has 0 spiro atoms. The van der Waals surface area contributed by atoms with E-state index in [0.717, 1.165) is 24.8 Å². The highest BCUT2D eigenvalue weighted by Crippen LogP contribution is 2.35. The maximum Gasteiger partial charge on any atom is 0.573 e. The van der Waals surface area contributed by atoms with Gasteiger partial charge in [0.15, 0.2) is 11.6 Å². The third-order valence-electron chi connectivity index (χ3n) is 6.84.